The zero-order valence-electron chi connectivity index (χ0n) is 14.8. The fourth-order valence-electron chi connectivity index (χ4n) is 3.38. The number of carbonyl (C=O) groups is 1. The third-order valence-electron chi connectivity index (χ3n) is 4.48. The number of rotatable bonds is 4. The van der Waals surface area contributed by atoms with Crippen molar-refractivity contribution in [3.63, 3.8) is 0 Å². The molecule has 0 bridgehead atoms. The minimum Gasteiger partial charge on any atom is -0.341 e. The van der Waals surface area contributed by atoms with Crippen LogP contribution in [0.5, 0.6) is 0 Å². The summed E-state index contributed by atoms with van der Waals surface area (Å²) in [7, 11) is 1.92. The molecule has 0 aliphatic carbocycles. The van der Waals surface area contributed by atoms with E-state index < -0.39 is 0 Å². The lowest BCUT2D eigenvalue weighted by atomic mass is 9.92. The van der Waals surface area contributed by atoms with Crippen molar-refractivity contribution in [1.82, 2.24) is 19.7 Å². The molecule has 134 valence electrons. The van der Waals surface area contributed by atoms with Crippen molar-refractivity contribution in [2.24, 2.45) is 18.9 Å². The molecule has 0 spiro atoms. The first kappa shape index (κ1) is 18.3. The van der Waals surface area contributed by atoms with Gasteiger partial charge < -0.3 is 9.47 Å². The fourth-order valence-corrected chi connectivity index (χ4v) is 4.31. The summed E-state index contributed by atoms with van der Waals surface area (Å²) < 4.78 is 1.92. The van der Waals surface area contributed by atoms with Gasteiger partial charge in [-0.25, -0.2) is 0 Å². The molecule has 1 aromatic heterocycles. The fraction of sp³-hybridized carbons (Fsp3) is 0.500. The number of thioether (sulfide) groups is 1. The van der Waals surface area contributed by atoms with Gasteiger partial charge in [-0.1, -0.05) is 37.2 Å². The van der Waals surface area contributed by atoms with Crippen LogP contribution in [-0.2, 0) is 11.8 Å². The third kappa shape index (κ3) is 4.36. The number of halogens is 1. The SMILES string of the molecule is C[C@H]1C[C@H](C)CN(C(=O)CSc2nnc(-c3ccc(Cl)cc3)n2C)C1. The van der Waals surface area contributed by atoms with E-state index in [1.807, 2.05) is 40.8 Å². The minimum absolute atomic E-state index is 0.180. The molecule has 3 rings (SSSR count). The number of likely N-dealkylation sites (tertiary alicyclic amines) is 1. The summed E-state index contributed by atoms with van der Waals surface area (Å²) in [4.78, 5) is 14.5. The molecule has 0 unspecified atom stereocenters. The van der Waals surface area contributed by atoms with Gasteiger partial charge in [0.15, 0.2) is 11.0 Å². The Balaban J connectivity index is 1.64. The summed E-state index contributed by atoms with van der Waals surface area (Å²) in [6, 6.07) is 7.51. The molecule has 0 radical (unpaired) electrons. The van der Waals surface area contributed by atoms with E-state index in [0.29, 0.717) is 22.6 Å². The summed E-state index contributed by atoms with van der Waals surface area (Å²) in [5.74, 6) is 2.49. The summed E-state index contributed by atoms with van der Waals surface area (Å²) in [5, 5.41) is 9.93. The van der Waals surface area contributed by atoms with Gasteiger partial charge in [-0.05, 0) is 42.5 Å². The Morgan fingerprint density at radius 1 is 1.20 bits per heavy atom. The lowest BCUT2D eigenvalue weighted by Crippen LogP contribution is -2.43. The van der Waals surface area contributed by atoms with Gasteiger partial charge in [0.1, 0.15) is 0 Å². The number of hydrogen-bond donors (Lipinski definition) is 0. The first-order valence-electron chi connectivity index (χ1n) is 8.50. The molecule has 5 nitrogen and oxygen atoms in total. The van der Waals surface area contributed by atoms with Crippen molar-refractivity contribution < 1.29 is 4.79 Å². The Bertz CT molecular complexity index is 736. The molecule has 2 aromatic rings. The number of carbonyl (C=O) groups excluding carboxylic acids is 1. The quantitative estimate of drug-likeness (QED) is 0.760. The molecule has 1 saturated heterocycles. The summed E-state index contributed by atoms with van der Waals surface area (Å²) >= 11 is 7.38. The van der Waals surface area contributed by atoms with Crippen LogP contribution in [-0.4, -0.2) is 44.4 Å². The molecule has 1 aliphatic heterocycles. The molecule has 2 atom stereocenters. The Kier molecular flexibility index (Phi) is 5.69. The van der Waals surface area contributed by atoms with E-state index in [-0.39, 0.29) is 5.91 Å². The number of amides is 1. The van der Waals surface area contributed by atoms with Crippen LogP contribution in [0.1, 0.15) is 20.3 Å². The number of nitrogens with zero attached hydrogens (tertiary/aromatic N) is 4. The highest BCUT2D eigenvalue weighted by Gasteiger charge is 2.25. The predicted octanol–water partition coefficient (Wildman–Crippen LogP) is 3.73. The van der Waals surface area contributed by atoms with Crippen molar-refractivity contribution in [2.45, 2.75) is 25.4 Å². The van der Waals surface area contributed by atoms with E-state index in [2.05, 4.69) is 24.0 Å². The van der Waals surface area contributed by atoms with E-state index in [0.717, 1.165) is 29.6 Å². The lowest BCUT2D eigenvalue weighted by molar-refractivity contribution is -0.130. The average Bonchev–Trinajstić information content (AvgIpc) is 2.93. The number of hydrogen-bond acceptors (Lipinski definition) is 4. The van der Waals surface area contributed by atoms with Crippen LogP contribution in [0.25, 0.3) is 11.4 Å². The standard InChI is InChI=1S/C18H23ClN4OS/c1-12-8-13(2)10-23(9-12)16(24)11-25-18-21-20-17(22(18)3)14-4-6-15(19)7-5-14/h4-7,12-13H,8-11H2,1-3H3/t12-,13-/m0/s1. The van der Waals surface area contributed by atoms with Gasteiger partial charge in [0, 0.05) is 30.7 Å². The molecule has 25 heavy (non-hydrogen) atoms. The zero-order chi connectivity index (χ0) is 18.0. The van der Waals surface area contributed by atoms with Gasteiger partial charge in [0.25, 0.3) is 0 Å². The number of benzene rings is 1. The van der Waals surface area contributed by atoms with Crippen LogP contribution < -0.4 is 0 Å². The van der Waals surface area contributed by atoms with E-state index in [1.165, 1.54) is 18.2 Å². The van der Waals surface area contributed by atoms with Crippen molar-refractivity contribution >= 4 is 29.3 Å². The van der Waals surface area contributed by atoms with Crippen LogP contribution in [0.3, 0.4) is 0 Å². The molecule has 0 N–H and O–H groups in total. The van der Waals surface area contributed by atoms with E-state index in [1.54, 1.807) is 0 Å². The van der Waals surface area contributed by atoms with Crippen LogP contribution in [0.15, 0.2) is 29.4 Å². The van der Waals surface area contributed by atoms with Gasteiger partial charge in [-0.2, -0.15) is 0 Å². The molecular formula is C18H23ClN4OS. The monoisotopic (exact) mass is 378 g/mol. The summed E-state index contributed by atoms with van der Waals surface area (Å²) in [5.41, 5.74) is 0.955. The Morgan fingerprint density at radius 3 is 2.48 bits per heavy atom. The summed E-state index contributed by atoms with van der Waals surface area (Å²) in [6.07, 6.45) is 1.20. The van der Waals surface area contributed by atoms with Crippen molar-refractivity contribution in [3.8, 4) is 11.4 Å². The second-order valence-corrected chi connectivity index (χ2v) is 8.28. The average molecular weight is 379 g/mol. The van der Waals surface area contributed by atoms with Crippen molar-refractivity contribution in [1.29, 1.82) is 0 Å². The van der Waals surface area contributed by atoms with Crippen molar-refractivity contribution in [3.05, 3.63) is 29.3 Å². The predicted molar refractivity (Wildman–Crippen MR) is 102 cm³/mol. The Hall–Kier alpha value is -1.53. The zero-order valence-corrected chi connectivity index (χ0v) is 16.3. The maximum absolute atomic E-state index is 12.5. The molecule has 2 heterocycles. The topological polar surface area (TPSA) is 51.0 Å². The number of piperidine rings is 1. The Labute approximate surface area is 157 Å². The largest absolute Gasteiger partial charge is 0.341 e. The second-order valence-electron chi connectivity index (χ2n) is 6.91. The van der Waals surface area contributed by atoms with Crippen LogP contribution in [0, 0.1) is 11.8 Å². The Morgan fingerprint density at radius 2 is 1.84 bits per heavy atom. The van der Waals surface area contributed by atoms with Gasteiger partial charge in [0.2, 0.25) is 5.91 Å². The van der Waals surface area contributed by atoms with E-state index in [4.69, 9.17) is 11.6 Å². The van der Waals surface area contributed by atoms with Gasteiger partial charge in [0.05, 0.1) is 5.75 Å². The highest BCUT2D eigenvalue weighted by atomic mass is 35.5. The second kappa shape index (κ2) is 7.79. The van der Waals surface area contributed by atoms with Crippen LogP contribution in [0.2, 0.25) is 5.02 Å². The first-order chi connectivity index (χ1) is 11.9. The van der Waals surface area contributed by atoms with E-state index in [9.17, 15) is 4.79 Å². The van der Waals surface area contributed by atoms with Crippen LogP contribution in [0.4, 0.5) is 0 Å². The van der Waals surface area contributed by atoms with Gasteiger partial charge >= 0.3 is 0 Å². The maximum atomic E-state index is 12.5. The molecule has 1 aliphatic rings. The van der Waals surface area contributed by atoms with Crippen molar-refractivity contribution in [2.75, 3.05) is 18.8 Å². The molecule has 7 heteroatoms. The highest BCUT2D eigenvalue weighted by molar-refractivity contribution is 7.99. The minimum atomic E-state index is 0.180. The highest BCUT2D eigenvalue weighted by Crippen LogP contribution is 2.25. The van der Waals surface area contributed by atoms with Gasteiger partial charge in [-0.15, -0.1) is 10.2 Å². The maximum Gasteiger partial charge on any atom is 0.233 e. The summed E-state index contributed by atoms with van der Waals surface area (Å²) in [6.45, 7) is 6.14. The van der Waals surface area contributed by atoms with Gasteiger partial charge in [-0.3, -0.25) is 4.79 Å². The molecular weight excluding hydrogens is 356 g/mol. The molecule has 1 aromatic carbocycles. The molecule has 0 saturated carbocycles. The number of aromatic nitrogens is 3. The van der Waals surface area contributed by atoms with Crippen LogP contribution >= 0.6 is 23.4 Å². The third-order valence-corrected chi connectivity index (χ3v) is 5.74. The molecule has 1 amide bonds. The van der Waals surface area contributed by atoms with E-state index >= 15 is 0 Å². The molecule has 1 fully saturated rings. The normalized spacial score (nSPS) is 20.7. The smallest absolute Gasteiger partial charge is 0.233 e. The first-order valence-corrected chi connectivity index (χ1v) is 9.86. The lowest BCUT2D eigenvalue weighted by Gasteiger charge is -2.34.